The van der Waals surface area contributed by atoms with E-state index in [4.69, 9.17) is 31.3 Å². The van der Waals surface area contributed by atoms with Gasteiger partial charge in [-0.3, -0.25) is 0 Å². The van der Waals surface area contributed by atoms with Gasteiger partial charge >= 0.3 is 11.9 Å². The molecule has 1 aromatic carbocycles. The predicted molar refractivity (Wildman–Crippen MR) is 88.1 cm³/mol. The van der Waals surface area contributed by atoms with E-state index >= 15 is 0 Å². The Balaban J connectivity index is 0.000000307. The Morgan fingerprint density at radius 3 is 2.38 bits per heavy atom. The maximum atomic E-state index is 9.55. The van der Waals surface area contributed by atoms with Crippen molar-refractivity contribution in [2.24, 2.45) is 0 Å². The molecule has 1 unspecified atom stereocenters. The van der Waals surface area contributed by atoms with Crippen LogP contribution < -0.4 is 5.32 Å². The van der Waals surface area contributed by atoms with Gasteiger partial charge in [0.05, 0.1) is 25.9 Å². The van der Waals surface area contributed by atoms with Gasteiger partial charge in [-0.25, -0.2) is 9.59 Å². The Bertz CT molecular complexity index is 524. The summed E-state index contributed by atoms with van der Waals surface area (Å²) in [7, 11) is 0. The van der Waals surface area contributed by atoms with Gasteiger partial charge in [-0.15, -0.1) is 0 Å². The van der Waals surface area contributed by atoms with Crippen LogP contribution in [-0.2, 0) is 25.7 Å². The molecule has 7 nitrogen and oxygen atoms in total. The lowest BCUT2D eigenvalue weighted by molar-refractivity contribution is -0.134. The first-order chi connectivity index (χ1) is 11.5. The first-order valence-electron chi connectivity index (χ1n) is 7.26. The van der Waals surface area contributed by atoms with Crippen LogP contribution in [-0.4, -0.2) is 54.6 Å². The first-order valence-corrected chi connectivity index (χ1v) is 7.63. The summed E-state index contributed by atoms with van der Waals surface area (Å²) in [5.41, 5.74) is 1.13. The monoisotopic (exact) mass is 357 g/mol. The molecule has 0 aromatic heterocycles. The minimum Gasteiger partial charge on any atom is -0.478 e. The van der Waals surface area contributed by atoms with E-state index in [-0.39, 0.29) is 6.10 Å². The van der Waals surface area contributed by atoms with Crippen molar-refractivity contribution in [1.82, 2.24) is 5.32 Å². The van der Waals surface area contributed by atoms with Crippen molar-refractivity contribution in [3.8, 4) is 0 Å². The van der Waals surface area contributed by atoms with Gasteiger partial charge < -0.3 is 25.0 Å². The zero-order valence-corrected chi connectivity index (χ0v) is 13.7. The van der Waals surface area contributed by atoms with Gasteiger partial charge in [0, 0.05) is 30.3 Å². The van der Waals surface area contributed by atoms with E-state index in [9.17, 15) is 9.59 Å². The largest absolute Gasteiger partial charge is 0.478 e. The number of ether oxygens (including phenoxy) is 2. The number of morpholine rings is 1. The second kappa shape index (κ2) is 11.6. The molecule has 0 radical (unpaired) electrons. The van der Waals surface area contributed by atoms with E-state index < -0.39 is 11.9 Å². The zero-order chi connectivity index (χ0) is 17.8. The Morgan fingerprint density at radius 2 is 1.88 bits per heavy atom. The van der Waals surface area contributed by atoms with Gasteiger partial charge in [0.2, 0.25) is 0 Å². The van der Waals surface area contributed by atoms with Crippen molar-refractivity contribution in [3.05, 3.63) is 47.0 Å². The second-order valence-corrected chi connectivity index (χ2v) is 5.28. The molecule has 0 spiro atoms. The number of nitrogens with one attached hydrogen (secondary N) is 1. The van der Waals surface area contributed by atoms with Crippen LogP contribution in [0.3, 0.4) is 0 Å². The van der Waals surface area contributed by atoms with Gasteiger partial charge in [0.15, 0.2) is 0 Å². The molecule has 24 heavy (non-hydrogen) atoms. The molecule has 132 valence electrons. The lowest BCUT2D eigenvalue weighted by Gasteiger charge is -2.23. The summed E-state index contributed by atoms with van der Waals surface area (Å²) in [6.45, 7) is 3.83. The van der Waals surface area contributed by atoms with Crippen LogP contribution in [0.25, 0.3) is 0 Å². The highest BCUT2D eigenvalue weighted by Crippen LogP contribution is 2.10. The molecule has 1 aromatic rings. The van der Waals surface area contributed by atoms with Crippen LogP contribution in [0.15, 0.2) is 36.4 Å². The molecule has 1 aliphatic heterocycles. The molecule has 0 amide bonds. The number of hydrogen-bond acceptors (Lipinski definition) is 5. The van der Waals surface area contributed by atoms with Crippen LogP contribution in [0.4, 0.5) is 0 Å². The number of carbonyl (C=O) groups is 2. The molecule has 3 N–H and O–H groups in total. The minimum absolute atomic E-state index is 0.182. The Hall–Kier alpha value is -1.93. The lowest BCUT2D eigenvalue weighted by atomic mass is 10.2. The number of hydrogen-bond donors (Lipinski definition) is 3. The third-order valence-electron chi connectivity index (χ3n) is 2.86. The third-order valence-corrected chi connectivity index (χ3v) is 3.11. The molecule has 1 atom stereocenters. The summed E-state index contributed by atoms with van der Waals surface area (Å²) in [5.74, 6) is -2.51. The second-order valence-electron chi connectivity index (χ2n) is 4.85. The van der Waals surface area contributed by atoms with Crippen LogP contribution in [0.1, 0.15) is 5.56 Å². The third kappa shape index (κ3) is 9.96. The maximum Gasteiger partial charge on any atom is 0.328 e. The van der Waals surface area contributed by atoms with E-state index in [1.165, 1.54) is 0 Å². The van der Waals surface area contributed by atoms with Crippen molar-refractivity contribution < 1.29 is 29.3 Å². The molecule has 8 heteroatoms. The fourth-order valence-electron chi connectivity index (χ4n) is 1.76. The molecule has 1 fully saturated rings. The van der Waals surface area contributed by atoms with Crippen molar-refractivity contribution in [3.63, 3.8) is 0 Å². The van der Waals surface area contributed by atoms with Crippen LogP contribution in [0.5, 0.6) is 0 Å². The van der Waals surface area contributed by atoms with E-state index in [1.54, 1.807) is 0 Å². The Labute approximate surface area is 144 Å². The van der Waals surface area contributed by atoms with Crippen LogP contribution in [0, 0.1) is 0 Å². The summed E-state index contributed by atoms with van der Waals surface area (Å²) < 4.78 is 11.1. The van der Waals surface area contributed by atoms with Gasteiger partial charge in [0.25, 0.3) is 0 Å². The van der Waals surface area contributed by atoms with Crippen molar-refractivity contribution in [2.75, 3.05) is 26.3 Å². The average Bonchev–Trinajstić information content (AvgIpc) is 2.56. The van der Waals surface area contributed by atoms with E-state index in [0.717, 1.165) is 30.3 Å². The van der Waals surface area contributed by atoms with E-state index in [1.807, 2.05) is 24.3 Å². The minimum atomic E-state index is -1.26. The molecular weight excluding hydrogens is 338 g/mol. The molecule has 0 saturated carbocycles. The molecular formula is C16H20ClNO6. The van der Waals surface area contributed by atoms with Crippen LogP contribution >= 0.6 is 11.6 Å². The molecule has 1 heterocycles. The highest BCUT2D eigenvalue weighted by Gasteiger charge is 2.12. The highest BCUT2D eigenvalue weighted by atomic mass is 35.5. The molecule has 1 saturated heterocycles. The summed E-state index contributed by atoms with van der Waals surface area (Å²) in [5, 5.41) is 19.6. The van der Waals surface area contributed by atoms with Gasteiger partial charge in [-0.05, 0) is 17.7 Å². The Kier molecular flexibility index (Phi) is 9.71. The fraction of sp³-hybridized carbons (Fsp3) is 0.375. The molecule has 0 aliphatic carbocycles. The highest BCUT2D eigenvalue weighted by molar-refractivity contribution is 6.30. The van der Waals surface area contributed by atoms with Crippen molar-refractivity contribution >= 4 is 23.5 Å². The molecule has 0 bridgehead atoms. The predicted octanol–water partition coefficient (Wildman–Crippen LogP) is 1.56. The molecule has 1 aliphatic rings. The maximum absolute atomic E-state index is 9.55. The summed E-state index contributed by atoms with van der Waals surface area (Å²) >= 11 is 5.80. The normalized spacial score (nSPS) is 17.1. The quantitative estimate of drug-likeness (QED) is 0.663. The standard InChI is InChI=1S/C12H16ClNO2.C4H4O4/c13-11-3-1-10(2-4-11)8-15-9-12-7-14-5-6-16-12;5-3(6)1-2-4(7)8/h1-4,12,14H,5-9H2;1-2H,(H,5,6)(H,7,8)/b;2-1-. The van der Waals surface area contributed by atoms with E-state index in [0.29, 0.717) is 25.4 Å². The summed E-state index contributed by atoms with van der Waals surface area (Å²) in [6, 6.07) is 7.70. The van der Waals surface area contributed by atoms with Gasteiger partial charge in [-0.1, -0.05) is 23.7 Å². The topological polar surface area (TPSA) is 105 Å². The fourth-order valence-corrected chi connectivity index (χ4v) is 1.88. The smallest absolute Gasteiger partial charge is 0.328 e. The molecule has 2 rings (SSSR count). The summed E-state index contributed by atoms with van der Waals surface area (Å²) in [4.78, 5) is 19.1. The van der Waals surface area contributed by atoms with Crippen LogP contribution in [0.2, 0.25) is 5.02 Å². The number of carboxylic acids is 2. The number of aliphatic carboxylic acids is 2. The SMILES string of the molecule is Clc1ccc(COCC2CNCCO2)cc1.O=C(O)/C=C\C(=O)O. The Morgan fingerprint density at radius 1 is 1.25 bits per heavy atom. The number of carboxylic acid groups (broad SMARTS) is 2. The van der Waals surface area contributed by atoms with E-state index in [2.05, 4.69) is 5.32 Å². The number of benzene rings is 1. The van der Waals surface area contributed by atoms with Gasteiger partial charge in [-0.2, -0.15) is 0 Å². The number of halogens is 1. The zero-order valence-electron chi connectivity index (χ0n) is 13.0. The average molecular weight is 358 g/mol. The van der Waals surface area contributed by atoms with Crippen molar-refractivity contribution in [2.45, 2.75) is 12.7 Å². The van der Waals surface area contributed by atoms with Gasteiger partial charge in [0.1, 0.15) is 0 Å². The lowest BCUT2D eigenvalue weighted by Crippen LogP contribution is -2.40. The first kappa shape index (κ1) is 20.1. The number of rotatable bonds is 6. The van der Waals surface area contributed by atoms with Crippen molar-refractivity contribution in [1.29, 1.82) is 0 Å². The summed E-state index contributed by atoms with van der Waals surface area (Å²) in [6.07, 6.45) is 1.30.